The van der Waals surface area contributed by atoms with Crippen molar-refractivity contribution in [1.29, 1.82) is 0 Å². The Kier molecular flexibility index (Phi) is 5.45. The van der Waals surface area contributed by atoms with Crippen molar-refractivity contribution in [3.63, 3.8) is 0 Å². The lowest BCUT2D eigenvalue weighted by Crippen LogP contribution is -2.03. The Labute approximate surface area is 161 Å². The van der Waals surface area contributed by atoms with Crippen LogP contribution in [0.15, 0.2) is 42.5 Å². The van der Waals surface area contributed by atoms with Crippen LogP contribution in [0.3, 0.4) is 0 Å². The molecule has 2 aromatic carbocycles. The van der Waals surface area contributed by atoms with E-state index in [0.717, 1.165) is 10.9 Å². The molecule has 0 amide bonds. The average molecular weight is 388 g/mol. The molecule has 0 fully saturated rings. The summed E-state index contributed by atoms with van der Waals surface area (Å²) < 4.78 is 10.6. The van der Waals surface area contributed by atoms with E-state index in [4.69, 9.17) is 32.7 Å². The molecule has 26 heavy (non-hydrogen) atoms. The minimum atomic E-state index is -0.461. The second-order valence-corrected chi connectivity index (χ2v) is 6.34. The first-order valence-electron chi connectivity index (χ1n) is 7.77. The number of benzene rings is 2. The summed E-state index contributed by atoms with van der Waals surface area (Å²) >= 11 is 12.2. The molecule has 0 aliphatic heterocycles. The van der Waals surface area contributed by atoms with Crippen LogP contribution in [0.4, 0.5) is 0 Å². The van der Waals surface area contributed by atoms with Gasteiger partial charge in [-0.15, -0.1) is 0 Å². The highest BCUT2D eigenvalue weighted by atomic mass is 35.5. The van der Waals surface area contributed by atoms with Crippen LogP contribution in [0, 0.1) is 0 Å². The largest absolute Gasteiger partial charge is 0.494 e. The Morgan fingerprint density at radius 2 is 1.92 bits per heavy atom. The minimum absolute atomic E-state index is 0.262. The first kappa shape index (κ1) is 18.2. The summed E-state index contributed by atoms with van der Waals surface area (Å²) in [6.07, 6.45) is 3.54. The van der Waals surface area contributed by atoms with Crippen LogP contribution >= 0.6 is 23.2 Å². The molecular formula is C20H15Cl2NO3. The summed E-state index contributed by atoms with van der Waals surface area (Å²) in [4.78, 5) is 15.9. The number of hydrogen-bond acceptors (Lipinski definition) is 4. The van der Waals surface area contributed by atoms with Gasteiger partial charge in [-0.05, 0) is 36.4 Å². The molecule has 1 aromatic heterocycles. The molecule has 0 saturated heterocycles. The van der Waals surface area contributed by atoms with Gasteiger partial charge in [-0.1, -0.05) is 41.4 Å². The van der Waals surface area contributed by atoms with Crippen molar-refractivity contribution in [3.8, 4) is 11.5 Å². The Hall–Kier alpha value is -2.56. The molecule has 0 radical (unpaired) electrons. The van der Waals surface area contributed by atoms with Crippen molar-refractivity contribution in [3.05, 3.63) is 63.8 Å². The predicted molar refractivity (Wildman–Crippen MR) is 105 cm³/mol. The number of para-hydroxylation sites is 1. The van der Waals surface area contributed by atoms with Gasteiger partial charge >= 0.3 is 5.97 Å². The molecule has 0 bridgehead atoms. The van der Waals surface area contributed by atoms with E-state index in [9.17, 15) is 4.79 Å². The number of methoxy groups -OCH3 is 1. The zero-order valence-electron chi connectivity index (χ0n) is 14.1. The average Bonchev–Trinajstić information content (AvgIpc) is 2.61. The lowest BCUT2D eigenvalue weighted by atomic mass is 10.1. The molecule has 0 aliphatic rings. The summed E-state index contributed by atoms with van der Waals surface area (Å²) in [5, 5.41) is 1.69. The molecule has 3 rings (SSSR count). The number of ether oxygens (including phenoxy) is 2. The van der Waals surface area contributed by atoms with Gasteiger partial charge in [0.25, 0.3) is 0 Å². The normalized spacial score (nSPS) is 11.1. The highest BCUT2D eigenvalue weighted by Gasteiger charge is 2.11. The maximum absolute atomic E-state index is 11.3. The summed E-state index contributed by atoms with van der Waals surface area (Å²) in [6, 6.07) is 12.8. The molecule has 4 nitrogen and oxygen atoms in total. The van der Waals surface area contributed by atoms with Crippen LogP contribution < -0.4 is 9.47 Å². The van der Waals surface area contributed by atoms with E-state index in [1.54, 1.807) is 25.3 Å². The summed E-state index contributed by atoms with van der Waals surface area (Å²) in [7, 11) is 1.61. The number of rotatable bonds is 4. The molecule has 1 heterocycles. The first-order chi connectivity index (χ1) is 12.5. The van der Waals surface area contributed by atoms with Crippen molar-refractivity contribution < 1.29 is 14.3 Å². The van der Waals surface area contributed by atoms with E-state index < -0.39 is 5.97 Å². The van der Waals surface area contributed by atoms with Gasteiger partial charge in [0.1, 0.15) is 11.3 Å². The standard InChI is InChI=1S/C20H15Cl2NO3/c1-12(24)26-20-14(10-15(21)11-17(20)22)7-9-16-8-6-13-4-3-5-18(25-2)19(13)23-16/h3-11H,1-2H3/b9-7+. The lowest BCUT2D eigenvalue weighted by Gasteiger charge is -2.09. The van der Waals surface area contributed by atoms with Gasteiger partial charge in [0.2, 0.25) is 0 Å². The maximum Gasteiger partial charge on any atom is 0.308 e. The number of nitrogens with zero attached hydrogens (tertiary/aromatic N) is 1. The molecule has 0 aliphatic carbocycles. The smallest absolute Gasteiger partial charge is 0.308 e. The Morgan fingerprint density at radius 1 is 1.12 bits per heavy atom. The molecule has 0 atom stereocenters. The zero-order valence-corrected chi connectivity index (χ0v) is 15.6. The van der Waals surface area contributed by atoms with Crippen LogP contribution in [0.2, 0.25) is 10.0 Å². The monoisotopic (exact) mass is 387 g/mol. The Bertz CT molecular complexity index is 1020. The highest BCUT2D eigenvalue weighted by Crippen LogP contribution is 2.34. The SMILES string of the molecule is COc1cccc2ccc(/C=C/c3cc(Cl)cc(Cl)c3OC(C)=O)nc12. The predicted octanol–water partition coefficient (Wildman–Crippen LogP) is 5.65. The van der Waals surface area contributed by atoms with E-state index >= 15 is 0 Å². The fraction of sp³-hybridized carbons (Fsp3) is 0.100. The number of esters is 1. The number of halogens is 2. The zero-order chi connectivity index (χ0) is 18.7. The third-order valence-electron chi connectivity index (χ3n) is 3.64. The van der Waals surface area contributed by atoms with Crippen molar-refractivity contribution in [2.45, 2.75) is 6.92 Å². The Morgan fingerprint density at radius 3 is 2.65 bits per heavy atom. The van der Waals surface area contributed by atoms with Crippen LogP contribution in [0.25, 0.3) is 23.1 Å². The minimum Gasteiger partial charge on any atom is -0.494 e. The number of hydrogen-bond donors (Lipinski definition) is 0. The third-order valence-corrected chi connectivity index (χ3v) is 4.14. The third kappa shape index (κ3) is 3.98. The van der Waals surface area contributed by atoms with Gasteiger partial charge in [-0.3, -0.25) is 4.79 Å². The van der Waals surface area contributed by atoms with Crippen molar-refractivity contribution >= 4 is 52.2 Å². The Balaban J connectivity index is 2.02. The molecule has 0 unspecified atom stereocenters. The molecule has 132 valence electrons. The number of carbonyl (C=O) groups is 1. The van der Waals surface area contributed by atoms with Gasteiger partial charge in [-0.2, -0.15) is 0 Å². The molecule has 6 heteroatoms. The first-order valence-corrected chi connectivity index (χ1v) is 8.53. The molecule has 0 N–H and O–H groups in total. The number of carbonyl (C=O) groups excluding carboxylic acids is 1. The van der Waals surface area contributed by atoms with E-state index in [-0.39, 0.29) is 10.8 Å². The van der Waals surface area contributed by atoms with E-state index in [1.165, 1.54) is 13.0 Å². The van der Waals surface area contributed by atoms with Crippen LogP contribution in [0.5, 0.6) is 11.5 Å². The number of aromatic nitrogens is 1. The maximum atomic E-state index is 11.3. The van der Waals surface area contributed by atoms with Crippen LogP contribution in [0.1, 0.15) is 18.2 Å². The van der Waals surface area contributed by atoms with Crippen molar-refractivity contribution in [2.75, 3.05) is 7.11 Å². The molecule has 3 aromatic rings. The summed E-state index contributed by atoms with van der Waals surface area (Å²) in [5.74, 6) is 0.500. The van der Waals surface area contributed by atoms with E-state index in [0.29, 0.717) is 22.0 Å². The molecular weight excluding hydrogens is 373 g/mol. The van der Waals surface area contributed by atoms with Gasteiger partial charge in [0, 0.05) is 22.9 Å². The summed E-state index contributed by atoms with van der Waals surface area (Å²) in [5.41, 5.74) is 2.06. The number of pyridine rings is 1. The fourth-order valence-corrected chi connectivity index (χ4v) is 3.07. The number of fused-ring (bicyclic) bond motifs is 1. The van der Waals surface area contributed by atoms with Gasteiger partial charge in [0.05, 0.1) is 17.8 Å². The topological polar surface area (TPSA) is 48.4 Å². The van der Waals surface area contributed by atoms with Gasteiger partial charge in [-0.25, -0.2) is 4.98 Å². The quantitative estimate of drug-likeness (QED) is 0.428. The fourth-order valence-electron chi connectivity index (χ4n) is 2.52. The second kappa shape index (κ2) is 7.77. The molecule has 0 spiro atoms. The lowest BCUT2D eigenvalue weighted by molar-refractivity contribution is -0.131. The van der Waals surface area contributed by atoms with Crippen molar-refractivity contribution in [2.24, 2.45) is 0 Å². The van der Waals surface area contributed by atoms with Crippen molar-refractivity contribution in [1.82, 2.24) is 4.98 Å². The molecule has 0 saturated carbocycles. The van der Waals surface area contributed by atoms with Gasteiger partial charge < -0.3 is 9.47 Å². The second-order valence-electron chi connectivity index (χ2n) is 5.50. The van der Waals surface area contributed by atoms with Crippen LogP contribution in [-0.4, -0.2) is 18.1 Å². The van der Waals surface area contributed by atoms with Gasteiger partial charge in [0.15, 0.2) is 5.75 Å². The summed E-state index contributed by atoms with van der Waals surface area (Å²) in [6.45, 7) is 1.32. The van der Waals surface area contributed by atoms with E-state index in [2.05, 4.69) is 4.98 Å². The van der Waals surface area contributed by atoms with E-state index in [1.807, 2.05) is 30.3 Å². The van der Waals surface area contributed by atoms with Crippen LogP contribution in [-0.2, 0) is 4.79 Å². The highest BCUT2D eigenvalue weighted by molar-refractivity contribution is 6.36.